The fourth-order valence-corrected chi connectivity index (χ4v) is 3.06. The molecule has 20 heavy (non-hydrogen) atoms. The van der Waals surface area contributed by atoms with Crippen LogP contribution in [0.1, 0.15) is 50.2 Å². The minimum atomic E-state index is -0.428. The van der Waals surface area contributed by atoms with Gasteiger partial charge in [-0.05, 0) is 32.3 Å². The van der Waals surface area contributed by atoms with Crippen molar-refractivity contribution in [1.29, 1.82) is 5.26 Å². The number of halogens is 1. The normalized spacial score (nSPS) is 13.5. The van der Waals surface area contributed by atoms with Gasteiger partial charge in [0.05, 0.1) is 16.8 Å². The Labute approximate surface area is 130 Å². The number of alkyl halides is 1. The van der Waals surface area contributed by atoms with E-state index in [-0.39, 0.29) is 5.78 Å². The molecule has 0 radical (unpaired) electrons. The highest BCUT2D eigenvalue weighted by molar-refractivity contribution is 9.09. The molecule has 0 N–H and O–H groups in total. The fourth-order valence-electron chi connectivity index (χ4n) is 2.44. The highest BCUT2D eigenvalue weighted by Crippen LogP contribution is 2.32. The number of aryl methyl sites for hydroxylation is 1. The first kappa shape index (κ1) is 16.9. The average Bonchev–Trinajstić information content (AvgIpc) is 2.46. The van der Waals surface area contributed by atoms with Crippen LogP contribution in [0.2, 0.25) is 0 Å². The van der Waals surface area contributed by atoms with Crippen LogP contribution in [0.3, 0.4) is 0 Å². The van der Waals surface area contributed by atoms with E-state index in [2.05, 4.69) is 41.1 Å². The Hall–Kier alpha value is -1.14. The molecular formula is C17H22BrNO. The second-order valence-corrected chi connectivity index (χ2v) is 6.04. The highest BCUT2D eigenvalue weighted by Gasteiger charge is 2.33. The molecule has 1 aromatic rings. The van der Waals surface area contributed by atoms with Gasteiger partial charge in [0.2, 0.25) is 0 Å². The summed E-state index contributed by atoms with van der Waals surface area (Å²) in [6.07, 6.45) is 4.35. The average molecular weight is 336 g/mol. The molecule has 108 valence electrons. The van der Waals surface area contributed by atoms with Crippen molar-refractivity contribution in [3.05, 3.63) is 35.4 Å². The molecule has 0 aromatic heterocycles. The van der Waals surface area contributed by atoms with E-state index in [1.807, 2.05) is 19.1 Å². The third kappa shape index (κ3) is 4.45. The van der Waals surface area contributed by atoms with Gasteiger partial charge in [-0.2, -0.15) is 5.26 Å². The van der Waals surface area contributed by atoms with Crippen molar-refractivity contribution in [3.8, 4) is 6.07 Å². The molecule has 0 fully saturated rings. The van der Waals surface area contributed by atoms with Crippen molar-refractivity contribution < 1.29 is 4.79 Å². The van der Waals surface area contributed by atoms with Gasteiger partial charge in [0.25, 0.3) is 0 Å². The topological polar surface area (TPSA) is 40.9 Å². The van der Waals surface area contributed by atoms with Gasteiger partial charge in [-0.3, -0.25) is 4.79 Å². The van der Waals surface area contributed by atoms with E-state index in [0.29, 0.717) is 11.8 Å². The van der Waals surface area contributed by atoms with Crippen molar-refractivity contribution in [2.75, 3.05) is 5.33 Å². The first-order valence-corrected chi connectivity index (χ1v) is 8.20. The monoisotopic (exact) mass is 335 g/mol. The standard InChI is InChI=1S/C17H22BrNO/c1-14-8-7-9-15(12-14)17(2,16(20)13-18)10-5-3-4-6-11-19/h7-9,12H,3-6,10,13H2,1-2H3. The maximum atomic E-state index is 12.4. The van der Waals surface area contributed by atoms with Gasteiger partial charge in [0, 0.05) is 6.42 Å². The second-order valence-electron chi connectivity index (χ2n) is 5.48. The summed E-state index contributed by atoms with van der Waals surface area (Å²) in [5, 5.41) is 8.93. The lowest BCUT2D eigenvalue weighted by molar-refractivity contribution is -0.121. The van der Waals surface area contributed by atoms with Crippen LogP contribution < -0.4 is 0 Å². The van der Waals surface area contributed by atoms with E-state index in [0.717, 1.165) is 31.2 Å². The van der Waals surface area contributed by atoms with Crippen LogP contribution in [-0.2, 0) is 10.2 Å². The van der Waals surface area contributed by atoms with Crippen LogP contribution in [0.15, 0.2) is 24.3 Å². The summed E-state index contributed by atoms with van der Waals surface area (Å²) < 4.78 is 0. The van der Waals surface area contributed by atoms with Crippen LogP contribution in [0.5, 0.6) is 0 Å². The highest BCUT2D eigenvalue weighted by atomic mass is 79.9. The summed E-state index contributed by atoms with van der Waals surface area (Å²) in [5.41, 5.74) is 1.85. The minimum Gasteiger partial charge on any atom is -0.298 e. The molecule has 0 heterocycles. The maximum absolute atomic E-state index is 12.4. The summed E-state index contributed by atoms with van der Waals surface area (Å²) in [6, 6.07) is 10.4. The van der Waals surface area contributed by atoms with Gasteiger partial charge in [0.1, 0.15) is 0 Å². The Balaban J connectivity index is 2.82. The summed E-state index contributed by atoms with van der Waals surface area (Å²) in [6.45, 7) is 4.09. The van der Waals surface area contributed by atoms with Crippen LogP contribution >= 0.6 is 15.9 Å². The molecule has 1 aromatic carbocycles. The van der Waals surface area contributed by atoms with E-state index >= 15 is 0 Å². The third-order valence-corrected chi connectivity index (χ3v) is 4.37. The Kier molecular flexibility index (Phi) is 6.95. The van der Waals surface area contributed by atoms with Gasteiger partial charge in [-0.1, -0.05) is 58.6 Å². The van der Waals surface area contributed by atoms with Gasteiger partial charge in [-0.15, -0.1) is 0 Å². The first-order chi connectivity index (χ1) is 9.54. The Morgan fingerprint density at radius 2 is 2.10 bits per heavy atom. The molecule has 0 aliphatic carbocycles. The van der Waals surface area contributed by atoms with E-state index in [4.69, 9.17) is 5.26 Å². The number of unbranched alkanes of at least 4 members (excludes halogenated alkanes) is 3. The summed E-state index contributed by atoms with van der Waals surface area (Å²) >= 11 is 3.31. The third-order valence-electron chi connectivity index (χ3n) is 3.86. The molecular weight excluding hydrogens is 314 g/mol. The number of benzene rings is 1. The molecule has 0 spiro atoms. The van der Waals surface area contributed by atoms with E-state index in [1.165, 1.54) is 5.56 Å². The number of Topliss-reactive ketones (excluding diaryl/α,β-unsaturated/α-hetero) is 1. The molecule has 0 amide bonds. The van der Waals surface area contributed by atoms with Crippen molar-refractivity contribution in [2.45, 2.75) is 51.4 Å². The number of nitrogens with zero attached hydrogens (tertiary/aromatic N) is 1. The Morgan fingerprint density at radius 1 is 1.35 bits per heavy atom. The fraction of sp³-hybridized carbons (Fsp3) is 0.529. The summed E-state index contributed by atoms with van der Waals surface area (Å²) in [4.78, 5) is 12.4. The van der Waals surface area contributed by atoms with Crippen LogP contribution in [-0.4, -0.2) is 11.1 Å². The molecule has 0 aliphatic rings. The molecule has 0 aliphatic heterocycles. The molecule has 2 nitrogen and oxygen atoms in total. The van der Waals surface area contributed by atoms with Crippen molar-refractivity contribution in [3.63, 3.8) is 0 Å². The zero-order valence-corrected chi connectivity index (χ0v) is 13.9. The number of ketones is 1. The van der Waals surface area contributed by atoms with Gasteiger partial charge in [-0.25, -0.2) is 0 Å². The molecule has 1 atom stereocenters. The largest absolute Gasteiger partial charge is 0.298 e. The second kappa shape index (κ2) is 8.21. The smallest absolute Gasteiger partial charge is 0.153 e. The lowest BCUT2D eigenvalue weighted by Crippen LogP contribution is -2.33. The number of nitriles is 1. The van der Waals surface area contributed by atoms with E-state index in [9.17, 15) is 4.79 Å². The lowest BCUT2D eigenvalue weighted by Gasteiger charge is -2.28. The number of hydrogen-bond donors (Lipinski definition) is 0. The summed E-state index contributed by atoms with van der Waals surface area (Å²) in [5.74, 6) is 0.225. The quantitative estimate of drug-likeness (QED) is 0.510. The van der Waals surface area contributed by atoms with Gasteiger partial charge in [0.15, 0.2) is 5.78 Å². The van der Waals surface area contributed by atoms with Gasteiger partial charge < -0.3 is 0 Å². The Morgan fingerprint density at radius 3 is 2.70 bits per heavy atom. The molecule has 0 bridgehead atoms. The van der Waals surface area contributed by atoms with Crippen LogP contribution in [0.4, 0.5) is 0 Å². The number of carbonyl (C=O) groups is 1. The van der Waals surface area contributed by atoms with Gasteiger partial charge >= 0.3 is 0 Å². The minimum absolute atomic E-state index is 0.225. The molecule has 0 saturated heterocycles. The number of carbonyl (C=O) groups excluding carboxylic acids is 1. The van der Waals surface area contributed by atoms with Crippen molar-refractivity contribution in [2.24, 2.45) is 0 Å². The Bertz CT molecular complexity index is 492. The lowest BCUT2D eigenvalue weighted by atomic mass is 9.74. The van der Waals surface area contributed by atoms with Crippen LogP contribution in [0.25, 0.3) is 0 Å². The molecule has 0 saturated carbocycles. The molecule has 1 unspecified atom stereocenters. The van der Waals surface area contributed by atoms with Crippen molar-refractivity contribution >= 4 is 21.7 Å². The first-order valence-electron chi connectivity index (χ1n) is 7.08. The predicted molar refractivity (Wildman–Crippen MR) is 86.0 cm³/mol. The molecule has 1 rings (SSSR count). The molecule has 3 heteroatoms. The number of hydrogen-bond acceptors (Lipinski definition) is 2. The maximum Gasteiger partial charge on any atom is 0.153 e. The zero-order chi connectivity index (χ0) is 15.0. The predicted octanol–water partition coefficient (Wildman–Crippen LogP) is 4.69. The number of rotatable bonds is 8. The SMILES string of the molecule is Cc1cccc(C(C)(CCCCCC#N)C(=O)CBr)c1. The summed E-state index contributed by atoms with van der Waals surface area (Å²) in [7, 11) is 0. The zero-order valence-electron chi connectivity index (χ0n) is 12.3. The van der Waals surface area contributed by atoms with Crippen molar-refractivity contribution in [1.82, 2.24) is 0 Å². The van der Waals surface area contributed by atoms with E-state index in [1.54, 1.807) is 0 Å². The van der Waals surface area contributed by atoms with E-state index < -0.39 is 5.41 Å². The van der Waals surface area contributed by atoms with Crippen LogP contribution in [0, 0.1) is 18.3 Å².